The van der Waals surface area contributed by atoms with Gasteiger partial charge in [0.05, 0.1) is 24.4 Å². The fourth-order valence-corrected chi connectivity index (χ4v) is 5.49. The van der Waals surface area contributed by atoms with E-state index in [0.29, 0.717) is 24.4 Å². The molecule has 2 aliphatic heterocycles. The molecular weight excluding hydrogens is 394 g/mol. The smallest absolute Gasteiger partial charge is 0.271 e. The van der Waals surface area contributed by atoms with Gasteiger partial charge < -0.3 is 23.9 Å². The van der Waals surface area contributed by atoms with Gasteiger partial charge in [0.15, 0.2) is 5.58 Å². The van der Waals surface area contributed by atoms with Gasteiger partial charge in [0.1, 0.15) is 11.2 Å². The van der Waals surface area contributed by atoms with E-state index < -0.39 is 5.54 Å². The molecule has 0 aromatic carbocycles. The van der Waals surface area contributed by atoms with E-state index in [9.17, 15) is 9.59 Å². The Morgan fingerprint density at radius 3 is 2.68 bits per heavy atom. The average molecular weight is 428 g/mol. The lowest BCUT2D eigenvalue weighted by Crippen LogP contribution is -2.66. The van der Waals surface area contributed by atoms with Gasteiger partial charge in [-0.05, 0) is 32.6 Å². The summed E-state index contributed by atoms with van der Waals surface area (Å²) < 4.78 is 13.3. The number of amides is 2. The second-order valence-electron chi connectivity index (χ2n) is 9.63. The van der Waals surface area contributed by atoms with Crippen LogP contribution in [0.3, 0.4) is 0 Å². The molecular formula is C24H33N3O4. The van der Waals surface area contributed by atoms with E-state index in [-0.39, 0.29) is 24.0 Å². The number of carbonyl (C=O) groups is 2. The van der Waals surface area contributed by atoms with E-state index in [1.54, 1.807) is 17.2 Å². The number of nitrogens with zero attached hydrogens (tertiary/aromatic N) is 2. The highest BCUT2D eigenvalue weighted by Gasteiger charge is 2.49. The quantitative estimate of drug-likeness (QED) is 0.804. The summed E-state index contributed by atoms with van der Waals surface area (Å²) in [5.74, 6) is -0.177. The second kappa shape index (κ2) is 8.34. The Labute approximate surface area is 183 Å². The monoisotopic (exact) mass is 427 g/mol. The Balaban J connectivity index is 1.45. The fourth-order valence-electron chi connectivity index (χ4n) is 5.49. The summed E-state index contributed by atoms with van der Waals surface area (Å²) in [6.07, 6.45) is 11.6. The molecule has 4 heterocycles. The van der Waals surface area contributed by atoms with Crippen molar-refractivity contribution in [1.29, 1.82) is 0 Å². The molecule has 0 spiro atoms. The Kier molecular flexibility index (Phi) is 5.54. The highest BCUT2D eigenvalue weighted by Crippen LogP contribution is 2.34. The zero-order valence-electron chi connectivity index (χ0n) is 18.4. The highest BCUT2D eigenvalue weighted by atomic mass is 16.5. The van der Waals surface area contributed by atoms with Crippen molar-refractivity contribution in [3.05, 3.63) is 24.1 Å². The van der Waals surface area contributed by atoms with Crippen LogP contribution in [0.15, 0.2) is 22.8 Å². The molecule has 0 radical (unpaired) electrons. The molecule has 7 nitrogen and oxygen atoms in total. The average Bonchev–Trinajstić information content (AvgIpc) is 3.46. The van der Waals surface area contributed by atoms with Crippen LogP contribution in [0.25, 0.3) is 11.1 Å². The van der Waals surface area contributed by atoms with Gasteiger partial charge >= 0.3 is 0 Å². The van der Waals surface area contributed by atoms with E-state index in [4.69, 9.17) is 9.15 Å². The SMILES string of the molecule is CC1(C(=O)NC2CCCCCCC2)Cn2c(cc3occc32)C(=O)N1CC1CCCO1. The van der Waals surface area contributed by atoms with Gasteiger partial charge in [0.2, 0.25) is 5.91 Å². The predicted molar refractivity (Wildman–Crippen MR) is 117 cm³/mol. The summed E-state index contributed by atoms with van der Waals surface area (Å²) >= 11 is 0. The predicted octanol–water partition coefficient (Wildman–Crippen LogP) is 3.86. The molecule has 2 unspecified atom stereocenters. The maximum absolute atomic E-state index is 13.7. The van der Waals surface area contributed by atoms with Crippen LogP contribution in [0.2, 0.25) is 0 Å². The van der Waals surface area contributed by atoms with Crippen LogP contribution >= 0.6 is 0 Å². The van der Waals surface area contributed by atoms with Crippen molar-refractivity contribution >= 4 is 22.9 Å². The minimum absolute atomic E-state index is 0.0121. The van der Waals surface area contributed by atoms with Crippen LogP contribution in [-0.4, -0.2) is 52.1 Å². The lowest BCUT2D eigenvalue weighted by molar-refractivity contribution is -0.134. The lowest BCUT2D eigenvalue weighted by atomic mass is 9.91. The van der Waals surface area contributed by atoms with Gasteiger partial charge in [-0.25, -0.2) is 0 Å². The number of rotatable bonds is 4. The van der Waals surface area contributed by atoms with Crippen molar-refractivity contribution in [2.45, 2.75) is 88.9 Å². The molecule has 1 N–H and O–H groups in total. The first-order valence-corrected chi connectivity index (χ1v) is 11.9. The van der Waals surface area contributed by atoms with Crippen LogP contribution < -0.4 is 5.32 Å². The molecule has 168 valence electrons. The number of nitrogens with one attached hydrogen (secondary N) is 1. The van der Waals surface area contributed by atoms with Crippen molar-refractivity contribution in [3.8, 4) is 0 Å². The zero-order chi connectivity index (χ0) is 21.4. The summed E-state index contributed by atoms with van der Waals surface area (Å²) in [5.41, 5.74) is 1.17. The third-order valence-corrected chi connectivity index (χ3v) is 7.39. The molecule has 1 aliphatic carbocycles. The summed E-state index contributed by atoms with van der Waals surface area (Å²) in [6, 6.07) is 3.85. The van der Waals surface area contributed by atoms with Crippen molar-refractivity contribution in [1.82, 2.24) is 14.8 Å². The normalized spacial score (nSPS) is 27.8. The molecule has 0 bridgehead atoms. The van der Waals surface area contributed by atoms with Crippen LogP contribution in [-0.2, 0) is 16.1 Å². The van der Waals surface area contributed by atoms with Gasteiger partial charge in [0, 0.05) is 31.3 Å². The van der Waals surface area contributed by atoms with Crippen molar-refractivity contribution in [3.63, 3.8) is 0 Å². The standard InChI is InChI=1S/C24H33N3O4/c1-24(23(29)25-17-8-5-3-2-4-6-9-17)16-26-19-11-13-31-21(19)14-20(26)22(28)27(24)15-18-10-7-12-30-18/h11,13-14,17-18H,2-10,12,15-16H2,1H3,(H,25,29). The minimum atomic E-state index is -0.971. The lowest BCUT2D eigenvalue weighted by Gasteiger charge is -2.45. The number of hydrogen-bond donors (Lipinski definition) is 1. The molecule has 2 amide bonds. The van der Waals surface area contributed by atoms with Gasteiger partial charge in [-0.3, -0.25) is 9.59 Å². The van der Waals surface area contributed by atoms with Crippen LogP contribution in [0, 0.1) is 0 Å². The summed E-state index contributed by atoms with van der Waals surface area (Å²) in [4.78, 5) is 29.1. The first kappa shape index (κ1) is 20.6. The molecule has 2 fully saturated rings. The highest BCUT2D eigenvalue weighted by molar-refractivity contribution is 6.03. The molecule has 2 aromatic heterocycles. The molecule has 1 saturated carbocycles. The largest absolute Gasteiger partial charge is 0.463 e. The number of aromatic nitrogens is 1. The van der Waals surface area contributed by atoms with Gasteiger partial charge in [0.25, 0.3) is 5.91 Å². The number of furan rings is 1. The van der Waals surface area contributed by atoms with Gasteiger partial charge in [-0.15, -0.1) is 0 Å². The van der Waals surface area contributed by atoms with Crippen LogP contribution in [0.5, 0.6) is 0 Å². The molecule has 3 aliphatic rings. The fraction of sp³-hybridized carbons (Fsp3) is 0.667. The molecule has 31 heavy (non-hydrogen) atoms. The van der Waals surface area contributed by atoms with Crippen LogP contribution in [0.4, 0.5) is 0 Å². The number of hydrogen-bond acceptors (Lipinski definition) is 4. The van der Waals surface area contributed by atoms with Crippen LogP contribution in [0.1, 0.15) is 75.2 Å². The zero-order valence-corrected chi connectivity index (χ0v) is 18.4. The van der Waals surface area contributed by atoms with Gasteiger partial charge in [-0.2, -0.15) is 0 Å². The van der Waals surface area contributed by atoms with Crippen molar-refractivity contribution in [2.75, 3.05) is 13.2 Å². The first-order valence-electron chi connectivity index (χ1n) is 11.9. The maximum atomic E-state index is 13.7. The second-order valence-corrected chi connectivity index (χ2v) is 9.63. The Hall–Kier alpha value is -2.28. The van der Waals surface area contributed by atoms with E-state index in [1.165, 1.54) is 19.3 Å². The maximum Gasteiger partial charge on any atom is 0.271 e. The third kappa shape index (κ3) is 3.77. The third-order valence-electron chi connectivity index (χ3n) is 7.39. The van der Waals surface area contributed by atoms with Crippen molar-refractivity contribution in [2.24, 2.45) is 0 Å². The molecule has 5 rings (SSSR count). The number of ether oxygens (including phenoxy) is 1. The van der Waals surface area contributed by atoms with E-state index in [2.05, 4.69) is 5.32 Å². The van der Waals surface area contributed by atoms with E-state index >= 15 is 0 Å². The molecule has 7 heteroatoms. The molecule has 2 atom stereocenters. The first-order chi connectivity index (χ1) is 15.1. The van der Waals surface area contributed by atoms with E-state index in [1.807, 2.05) is 17.6 Å². The summed E-state index contributed by atoms with van der Waals surface area (Å²) in [5, 5.41) is 3.33. The van der Waals surface area contributed by atoms with Gasteiger partial charge in [-0.1, -0.05) is 32.1 Å². The Bertz CT molecular complexity index is 949. The number of carbonyl (C=O) groups excluding carboxylic acids is 2. The Morgan fingerprint density at radius 1 is 1.16 bits per heavy atom. The van der Waals surface area contributed by atoms with E-state index in [0.717, 1.165) is 50.6 Å². The summed E-state index contributed by atoms with van der Waals surface area (Å²) in [6.45, 7) is 3.50. The number of fused-ring (bicyclic) bond motifs is 3. The van der Waals surface area contributed by atoms with Crippen molar-refractivity contribution < 1.29 is 18.7 Å². The molecule has 1 saturated heterocycles. The topological polar surface area (TPSA) is 76.7 Å². The summed E-state index contributed by atoms with van der Waals surface area (Å²) in [7, 11) is 0. The minimum Gasteiger partial charge on any atom is -0.463 e. The molecule has 2 aromatic rings. The Morgan fingerprint density at radius 2 is 1.94 bits per heavy atom.